The molecule has 0 radical (unpaired) electrons. The van der Waals surface area contributed by atoms with Gasteiger partial charge in [0.25, 0.3) is 0 Å². The molecule has 0 N–H and O–H groups in total. The fraction of sp³-hybridized carbons (Fsp3) is 0.412. The summed E-state index contributed by atoms with van der Waals surface area (Å²) < 4.78 is 4.56. The number of rotatable bonds is 5. The predicted molar refractivity (Wildman–Crippen MR) is 98.7 cm³/mol. The van der Waals surface area contributed by atoms with E-state index in [1.54, 1.807) is 12.3 Å². The minimum absolute atomic E-state index is 0.622. The molecule has 0 aromatic carbocycles. The average Bonchev–Trinajstić information content (AvgIpc) is 2.90. The molecule has 0 atom stereocenters. The summed E-state index contributed by atoms with van der Waals surface area (Å²) in [7, 11) is 0. The average molecular weight is 355 g/mol. The molecule has 7 nitrogen and oxygen atoms in total. The number of piperazine rings is 1. The third-order valence-electron chi connectivity index (χ3n) is 4.33. The Kier molecular flexibility index (Phi) is 5.26. The van der Waals surface area contributed by atoms with Crippen LogP contribution in [0.5, 0.6) is 0 Å². The lowest BCUT2D eigenvalue weighted by molar-refractivity contribution is 0.193. The van der Waals surface area contributed by atoms with E-state index in [2.05, 4.69) is 32.5 Å². The standard InChI is InChI=1S/C17H21N7S/c1-3-7-23-14(2)20-24(17(23)25)13-21-8-10-22(11-9-21)16-15(12-18)5-4-6-19-16/h3-6H,1,7-11,13H2,2H3. The van der Waals surface area contributed by atoms with Crippen molar-refractivity contribution >= 4 is 18.0 Å². The first kappa shape index (κ1) is 17.3. The summed E-state index contributed by atoms with van der Waals surface area (Å²) in [5.74, 6) is 1.67. The molecule has 25 heavy (non-hydrogen) atoms. The molecule has 8 heteroatoms. The first-order chi connectivity index (χ1) is 12.1. The number of nitrogens with zero attached hydrogens (tertiary/aromatic N) is 7. The second-order valence-corrected chi connectivity index (χ2v) is 6.33. The van der Waals surface area contributed by atoms with Crippen LogP contribution in [0.25, 0.3) is 0 Å². The summed E-state index contributed by atoms with van der Waals surface area (Å²) in [6.07, 6.45) is 3.56. The number of aryl methyl sites for hydroxylation is 1. The summed E-state index contributed by atoms with van der Waals surface area (Å²) >= 11 is 5.51. The Bertz CT molecular complexity index is 853. The molecule has 0 unspecified atom stereocenters. The van der Waals surface area contributed by atoms with E-state index in [-0.39, 0.29) is 0 Å². The molecule has 3 rings (SSSR count). The van der Waals surface area contributed by atoms with Gasteiger partial charge < -0.3 is 9.47 Å². The van der Waals surface area contributed by atoms with Crippen LogP contribution in [0.2, 0.25) is 0 Å². The third kappa shape index (κ3) is 3.62. The minimum Gasteiger partial charge on any atom is -0.353 e. The van der Waals surface area contributed by atoms with Gasteiger partial charge in [0.15, 0.2) is 4.77 Å². The predicted octanol–water partition coefficient (Wildman–Crippen LogP) is 1.95. The molecule has 0 bridgehead atoms. The zero-order valence-electron chi connectivity index (χ0n) is 14.3. The van der Waals surface area contributed by atoms with E-state index in [0.29, 0.717) is 18.8 Å². The fourth-order valence-corrected chi connectivity index (χ4v) is 3.31. The maximum atomic E-state index is 9.24. The number of hydrogen-bond acceptors (Lipinski definition) is 6. The van der Waals surface area contributed by atoms with Crippen molar-refractivity contribution in [3.63, 3.8) is 0 Å². The topological polar surface area (TPSA) is 65.9 Å². The molecule has 0 aliphatic carbocycles. The van der Waals surface area contributed by atoms with E-state index in [1.165, 1.54) is 0 Å². The van der Waals surface area contributed by atoms with Crippen LogP contribution in [-0.4, -0.2) is 50.4 Å². The van der Waals surface area contributed by atoms with Gasteiger partial charge in [0.2, 0.25) is 0 Å². The maximum absolute atomic E-state index is 9.24. The molecule has 1 fully saturated rings. The highest BCUT2D eigenvalue weighted by molar-refractivity contribution is 7.71. The SMILES string of the molecule is C=CCn1c(C)nn(CN2CCN(c3ncccc3C#N)CC2)c1=S. The van der Waals surface area contributed by atoms with Crippen molar-refractivity contribution in [3.8, 4) is 6.07 Å². The molecule has 2 aromatic heterocycles. The summed E-state index contributed by atoms with van der Waals surface area (Å²) in [4.78, 5) is 8.84. The number of anilines is 1. The van der Waals surface area contributed by atoms with Gasteiger partial charge in [0.1, 0.15) is 17.7 Å². The first-order valence-corrected chi connectivity index (χ1v) is 8.62. The smallest absolute Gasteiger partial charge is 0.199 e. The third-order valence-corrected chi connectivity index (χ3v) is 4.76. The Morgan fingerprint density at radius 2 is 2.12 bits per heavy atom. The van der Waals surface area contributed by atoms with Crippen LogP contribution in [0.3, 0.4) is 0 Å². The van der Waals surface area contributed by atoms with E-state index >= 15 is 0 Å². The Balaban J connectivity index is 1.66. The molecular weight excluding hydrogens is 334 g/mol. The van der Waals surface area contributed by atoms with Crippen molar-refractivity contribution in [3.05, 3.63) is 47.1 Å². The van der Waals surface area contributed by atoms with Gasteiger partial charge in [-0.15, -0.1) is 6.58 Å². The van der Waals surface area contributed by atoms with Crippen molar-refractivity contribution in [1.29, 1.82) is 5.26 Å². The molecule has 1 saturated heterocycles. The second-order valence-electron chi connectivity index (χ2n) is 5.96. The Labute approximate surface area is 152 Å². The van der Waals surface area contributed by atoms with Gasteiger partial charge in [0.05, 0.1) is 12.2 Å². The largest absolute Gasteiger partial charge is 0.353 e. The van der Waals surface area contributed by atoms with Crippen molar-refractivity contribution in [2.45, 2.75) is 20.1 Å². The highest BCUT2D eigenvalue weighted by Crippen LogP contribution is 2.18. The minimum atomic E-state index is 0.622. The zero-order valence-corrected chi connectivity index (χ0v) is 15.1. The number of aromatic nitrogens is 4. The van der Waals surface area contributed by atoms with Gasteiger partial charge in [-0.2, -0.15) is 10.4 Å². The van der Waals surface area contributed by atoms with Crippen LogP contribution >= 0.6 is 12.2 Å². The molecule has 1 aliphatic heterocycles. The summed E-state index contributed by atoms with van der Waals surface area (Å²) in [5, 5.41) is 13.8. The van der Waals surface area contributed by atoms with E-state index in [0.717, 1.165) is 42.6 Å². The monoisotopic (exact) mass is 355 g/mol. The second kappa shape index (κ2) is 7.59. The van der Waals surface area contributed by atoms with Crippen molar-refractivity contribution < 1.29 is 0 Å². The molecule has 1 aliphatic rings. The Morgan fingerprint density at radius 1 is 1.36 bits per heavy atom. The fourth-order valence-electron chi connectivity index (χ4n) is 3.01. The van der Waals surface area contributed by atoms with Crippen LogP contribution in [-0.2, 0) is 13.2 Å². The van der Waals surface area contributed by atoms with Gasteiger partial charge >= 0.3 is 0 Å². The number of hydrogen-bond donors (Lipinski definition) is 0. The van der Waals surface area contributed by atoms with Crippen LogP contribution in [0, 0.1) is 23.0 Å². The molecule has 130 valence electrons. The van der Waals surface area contributed by atoms with Crippen LogP contribution in [0.1, 0.15) is 11.4 Å². The maximum Gasteiger partial charge on any atom is 0.199 e. The van der Waals surface area contributed by atoms with Crippen LogP contribution < -0.4 is 4.90 Å². The molecule has 0 saturated carbocycles. The summed E-state index contributed by atoms with van der Waals surface area (Å²) in [6.45, 7) is 10.5. The first-order valence-electron chi connectivity index (χ1n) is 8.21. The molecule has 2 aromatic rings. The highest BCUT2D eigenvalue weighted by atomic mass is 32.1. The quantitative estimate of drug-likeness (QED) is 0.603. The zero-order chi connectivity index (χ0) is 17.8. The molecular formula is C17H21N7S. The van der Waals surface area contributed by atoms with Gasteiger partial charge in [-0.3, -0.25) is 4.90 Å². The van der Waals surface area contributed by atoms with Crippen molar-refractivity contribution in [2.75, 3.05) is 31.1 Å². The van der Waals surface area contributed by atoms with Crippen LogP contribution in [0.4, 0.5) is 5.82 Å². The van der Waals surface area contributed by atoms with Crippen molar-refractivity contribution in [1.82, 2.24) is 24.2 Å². The summed E-state index contributed by atoms with van der Waals surface area (Å²) in [5.41, 5.74) is 0.622. The van der Waals surface area contributed by atoms with E-state index in [1.807, 2.05) is 28.3 Å². The molecule has 3 heterocycles. The lowest BCUT2D eigenvalue weighted by Gasteiger charge is -2.35. The number of pyridine rings is 1. The highest BCUT2D eigenvalue weighted by Gasteiger charge is 2.21. The van der Waals surface area contributed by atoms with E-state index < -0.39 is 0 Å². The summed E-state index contributed by atoms with van der Waals surface area (Å²) in [6, 6.07) is 5.82. The number of allylic oxidation sites excluding steroid dienone is 1. The Morgan fingerprint density at radius 3 is 2.80 bits per heavy atom. The van der Waals surface area contributed by atoms with Crippen LogP contribution in [0.15, 0.2) is 31.0 Å². The molecule has 0 amide bonds. The molecule has 0 spiro atoms. The van der Waals surface area contributed by atoms with E-state index in [4.69, 9.17) is 12.2 Å². The normalized spacial score (nSPS) is 15.1. The number of nitriles is 1. The van der Waals surface area contributed by atoms with Gasteiger partial charge in [-0.25, -0.2) is 9.67 Å². The van der Waals surface area contributed by atoms with Gasteiger partial charge in [-0.05, 0) is 31.3 Å². The van der Waals surface area contributed by atoms with Gasteiger partial charge in [-0.1, -0.05) is 6.08 Å². The van der Waals surface area contributed by atoms with Gasteiger partial charge in [0, 0.05) is 38.9 Å². The Hall–Kier alpha value is -2.50. The lowest BCUT2D eigenvalue weighted by Crippen LogP contribution is -2.47. The van der Waals surface area contributed by atoms with E-state index in [9.17, 15) is 5.26 Å². The van der Waals surface area contributed by atoms with Crippen molar-refractivity contribution in [2.24, 2.45) is 0 Å². The lowest BCUT2D eigenvalue weighted by atomic mass is 10.2.